The van der Waals surface area contributed by atoms with E-state index in [-0.39, 0.29) is 10.8 Å². The predicted molar refractivity (Wildman–Crippen MR) is 91.4 cm³/mol. The quantitative estimate of drug-likeness (QED) is 0.643. The normalized spacial score (nSPS) is 11.8. The zero-order valence-corrected chi connectivity index (χ0v) is 13.8. The van der Waals surface area contributed by atoms with Crippen LogP contribution in [0.15, 0.2) is 42.5 Å². The Labute approximate surface area is 144 Å². The average molecular weight is 360 g/mol. The highest BCUT2D eigenvalue weighted by Gasteiger charge is 2.22. The Bertz CT molecular complexity index is 876. The Balaban J connectivity index is 1.88. The van der Waals surface area contributed by atoms with Crippen LogP contribution in [0.25, 0.3) is 0 Å². The molecule has 3 rings (SSSR count). The number of aromatic carboxylic acids is 1. The van der Waals surface area contributed by atoms with Gasteiger partial charge in [-0.3, -0.25) is 4.79 Å². The summed E-state index contributed by atoms with van der Waals surface area (Å²) in [7, 11) is 0. The first-order chi connectivity index (χ1) is 11.5. The molecule has 0 saturated carbocycles. The largest absolute Gasteiger partial charge is 0.477 e. The summed E-state index contributed by atoms with van der Waals surface area (Å²) in [6, 6.07) is 11.7. The van der Waals surface area contributed by atoms with Gasteiger partial charge in [0.05, 0.1) is 4.88 Å². The number of hydrogen-bond acceptors (Lipinski definition) is 7. The molecular formula is C15H12N4O3S2. The van der Waals surface area contributed by atoms with Gasteiger partial charge in [0.15, 0.2) is 0 Å². The van der Waals surface area contributed by atoms with E-state index in [1.165, 1.54) is 23.5 Å². The van der Waals surface area contributed by atoms with Crippen molar-refractivity contribution in [1.82, 2.24) is 15.5 Å². The minimum atomic E-state index is -1.06. The number of amides is 1. The van der Waals surface area contributed by atoms with E-state index in [0.717, 1.165) is 16.9 Å². The van der Waals surface area contributed by atoms with E-state index in [1.807, 2.05) is 30.3 Å². The molecule has 0 aliphatic carbocycles. The third-order valence-corrected chi connectivity index (χ3v) is 5.04. The zero-order chi connectivity index (χ0) is 17.1. The molecule has 24 heavy (non-hydrogen) atoms. The van der Waals surface area contributed by atoms with E-state index in [9.17, 15) is 9.59 Å². The highest BCUT2D eigenvalue weighted by atomic mass is 32.1. The summed E-state index contributed by atoms with van der Waals surface area (Å²) in [5.41, 5.74) is 6.47. The van der Waals surface area contributed by atoms with Crippen molar-refractivity contribution in [1.29, 1.82) is 0 Å². The fourth-order valence-electron chi connectivity index (χ4n) is 2.07. The van der Waals surface area contributed by atoms with Crippen LogP contribution in [0.2, 0.25) is 0 Å². The lowest BCUT2D eigenvalue weighted by molar-refractivity contribution is 0.0702. The van der Waals surface area contributed by atoms with E-state index in [0.29, 0.717) is 15.0 Å². The summed E-state index contributed by atoms with van der Waals surface area (Å²) in [5, 5.41) is 20.5. The van der Waals surface area contributed by atoms with E-state index < -0.39 is 12.0 Å². The molecular weight excluding hydrogens is 348 g/mol. The molecule has 0 spiro atoms. The molecule has 4 N–H and O–H groups in total. The number of carbonyl (C=O) groups is 2. The van der Waals surface area contributed by atoms with Crippen molar-refractivity contribution in [2.75, 3.05) is 5.73 Å². The fourth-order valence-corrected chi connectivity index (χ4v) is 3.51. The number of hydrogen-bond donors (Lipinski definition) is 3. The number of nitrogens with zero attached hydrogens (tertiary/aromatic N) is 2. The maximum Gasteiger partial charge on any atom is 0.345 e. The first-order valence-corrected chi connectivity index (χ1v) is 8.45. The van der Waals surface area contributed by atoms with Gasteiger partial charge >= 0.3 is 5.97 Å². The van der Waals surface area contributed by atoms with Gasteiger partial charge in [0, 0.05) is 0 Å². The molecule has 2 heterocycles. The minimum Gasteiger partial charge on any atom is -0.477 e. The number of carboxylic acids is 1. The molecule has 0 radical (unpaired) electrons. The lowest BCUT2D eigenvalue weighted by Crippen LogP contribution is -2.28. The first kappa shape index (κ1) is 16.1. The third-order valence-electron chi connectivity index (χ3n) is 3.15. The van der Waals surface area contributed by atoms with Crippen LogP contribution in [0.4, 0.5) is 5.13 Å². The molecule has 2 aromatic heterocycles. The number of nitrogen functional groups attached to an aromatic ring is 1. The molecule has 7 nitrogen and oxygen atoms in total. The molecule has 0 aliphatic rings. The summed E-state index contributed by atoms with van der Waals surface area (Å²) >= 11 is 2.11. The number of nitrogens with one attached hydrogen (secondary N) is 1. The summed E-state index contributed by atoms with van der Waals surface area (Å²) in [6.45, 7) is 0. The van der Waals surface area contributed by atoms with Gasteiger partial charge in [-0.1, -0.05) is 41.7 Å². The Morgan fingerprint density at radius 1 is 1.04 bits per heavy atom. The maximum absolute atomic E-state index is 12.5. The molecule has 9 heteroatoms. The summed E-state index contributed by atoms with van der Waals surface area (Å²) in [4.78, 5) is 23.8. The van der Waals surface area contributed by atoms with Gasteiger partial charge in [0.25, 0.3) is 5.91 Å². The molecule has 3 aromatic rings. The lowest BCUT2D eigenvalue weighted by Gasteiger charge is -2.16. The number of nitrogens with two attached hydrogens (primary N) is 1. The number of aromatic nitrogens is 2. The molecule has 0 saturated heterocycles. The van der Waals surface area contributed by atoms with Gasteiger partial charge in [0.2, 0.25) is 5.13 Å². The molecule has 1 amide bonds. The predicted octanol–water partition coefficient (Wildman–Crippen LogP) is 2.40. The lowest BCUT2D eigenvalue weighted by atomic mass is 10.1. The van der Waals surface area contributed by atoms with Crippen LogP contribution in [0, 0.1) is 0 Å². The van der Waals surface area contributed by atoms with E-state index in [1.54, 1.807) is 0 Å². The van der Waals surface area contributed by atoms with Crippen molar-refractivity contribution in [3.05, 3.63) is 62.8 Å². The fraction of sp³-hybridized carbons (Fsp3) is 0.0667. The van der Waals surface area contributed by atoms with Crippen LogP contribution < -0.4 is 11.1 Å². The van der Waals surface area contributed by atoms with Gasteiger partial charge in [-0.05, 0) is 17.7 Å². The highest BCUT2D eigenvalue weighted by Crippen LogP contribution is 2.27. The second-order valence-electron chi connectivity index (χ2n) is 4.76. The number of carboxylic acid groups (broad SMARTS) is 1. The summed E-state index contributed by atoms with van der Waals surface area (Å²) < 4.78 is 0. The van der Waals surface area contributed by atoms with E-state index >= 15 is 0 Å². The Morgan fingerprint density at radius 3 is 2.33 bits per heavy atom. The van der Waals surface area contributed by atoms with Crippen LogP contribution in [0.5, 0.6) is 0 Å². The maximum atomic E-state index is 12.5. The Kier molecular flexibility index (Phi) is 4.54. The molecule has 0 fully saturated rings. The number of anilines is 1. The summed E-state index contributed by atoms with van der Waals surface area (Å²) in [6.07, 6.45) is 0. The molecule has 1 aromatic carbocycles. The SMILES string of the molecule is Nc1nnc([C@@H](NC(=O)c2ccc(C(=O)O)s2)c2ccccc2)s1. The molecule has 0 bridgehead atoms. The van der Waals surface area contributed by atoms with Gasteiger partial charge in [-0.25, -0.2) is 4.79 Å². The number of rotatable bonds is 5. The van der Waals surface area contributed by atoms with Crippen LogP contribution in [0.1, 0.15) is 36.0 Å². The van der Waals surface area contributed by atoms with Gasteiger partial charge < -0.3 is 16.2 Å². The van der Waals surface area contributed by atoms with Gasteiger partial charge in [-0.2, -0.15) is 0 Å². The van der Waals surface area contributed by atoms with Crippen molar-refractivity contribution in [2.45, 2.75) is 6.04 Å². The monoisotopic (exact) mass is 360 g/mol. The second kappa shape index (κ2) is 6.77. The Hall–Kier alpha value is -2.78. The third kappa shape index (κ3) is 3.42. The van der Waals surface area contributed by atoms with Crippen molar-refractivity contribution in [3.8, 4) is 0 Å². The van der Waals surface area contributed by atoms with Gasteiger partial charge in [-0.15, -0.1) is 21.5 Å². The van der Waals surface area contributed by atoms with Crippen LogP contribution in [-0.2, 0) is 0 Å². The molecule has 0 aliphatic heterocycles. The first-order valence-electron chi connectivity index (χ1n) is 6.82. The van der Waals surface area contributed by atoms with Crippen LogP contribution in [0.3, 0.4) is 0 Å². The van der Waals surface area contributed by atoms with Crippen LogP contribution >= 0.6 is 22.7 Å². The topological polar surface area (TPSA) is 118 Å². The van der Waals surface area contributed by atoms with Gasteiger partial charge in [0.1, 0.15) is 15.9 Å². The average Bonchev–Trinajstić information content (AvgIpc) is 3.22. The highest BCUT2D eigenvalue weighted by molar-refractivity contribution is 7.16. The number of benzene rings is 1. The number of carbonyl (C=O) groups excluding carboxylic acids is 1. The smallest absolute Gasteiger partial charge is 0.345 e. The number of thiophene rings is 1. The Morgan fingerprint density at radius 2 is 1.75 bits per heavy atom. The van der Waals surface area contributed by atoms with E-state index in [4.69, 9.17) is 10.8 Å². The standard InChI is InChI=1S/C15H12N4O3S2/c16-15-19-18-13(24-15)11(8-4-2-1-3-5-8)17-12(20)9-6-7-10(23-9)14(21)22/h1-7,11H,(H2,16,19)(H,17,20)(H,21,22)/t11-/m0/s1. The summed E-state index contributed by atoms with van der Waals surface area (Å²) in [5.74, 6) is -1.44. The molecule has 122 valence electrons. The van der Waals surface area contributed by atoms with Crippen molar-refractivity contribution in [3.63, 3.8) is 0 Å². The molecule has 1 atom stereocenters. The van der Waals surface area contributed by atoms with Crippen molar-refractivity contribution in [2.24, 2.45) is 0 Å². The zero-order valence-electron chi connectivity index (χ0n) is 12.2. The van der Waals surface area contributed by atoms with Crippen molar-refractivity contribution < 1.29 is 14.7 Å². The second-order valence-corrected chi connectivity index (χ2v) is 6.89. The molecule has 0 unspecified atom stereocenters. The van der Waals surface area contributed by atoms with Crippen molar-refractivity contribution >= 4 is 39.7 Å². The van der Waals surface area contributed by atoms with Crippen LogP contribution in [-0.4, -0.2) is 27.2 Å². The minimum absolute atomic E-state index is 0.108. The van der Waals surface area contributed by atoms with E-state index in [2.05, 4.69) is 15.5 Å².